The van der Waals surface area contributed by atoms with Crippen molar-refractivity contribution in [1.82, 2.24) is 10.2 Å². The molecule has 2 amide bonds. The van der Waals surface area contributed by atoms with Crippen molar-refractivity contribution in [2.75, 3.05) is 13.1 Å². The third-order valence-electron chi connectivity index (χ3n) is 5.52. The van der Waals surface area contributed by atoms with Crippen molar-refractivity contribution in [3.8, 4) is 0 Å². The van der Waals surface area contributed by atoms with Gasteiger partial charge in [0.25, 0.3) is 0 Å². The van der Waals surface area contributed by atoms with Crippen LogP contribution >= 0.6 is 0 Å². The zero-order chi connectivity index (χ0) is 16.7. The van der Waals surface area contributed by atoms with Gasteiger partial charge in [0.2, 0.25) is 11.8 Å². The van der Waals surface area contributed by atoms with Gasteiger partial charge in [-0.05, 0) is 56.2 Å². The van der Waals surface area contributed by atoms with Crippen LogP contribution in [0, 0.1) is 17.7 Å². The van der Waals surface area contributed by atoms with E-state index in [2.05, 4.69) is 5.32 Å². The predicted molar refractivity (Wildman–Crippen MR) is 87.5 cm³/mol. The molecule has 1 aromatic rings. The molecule has 4 nitrogen and oxygen atoms in total. The van der Waals surface area contributed by atoms with Crippen molar-refractivity contribution in [3.63, 3.8) is 0 Å². The van der Waals surface area contributed by atoms with Crippen molar-refractivity contribution in [2.24, 2.45) is 11.8 Å². The summed E-state index contributed by atoms with van der Waals surface area (Å²) in [7, 11) is 0. The van der Waals surface area contributed by atoms with Crippen LogP contribution in [0.5, 0.6) is 0 Å². The number of hydrogen-bond acceptors (Lipinski definition) is 2. The summed E-state index contributed by atoms with van der Waals surface area (Å²) in [5.41, 5.74) is 0.444. The molecule has 0 unspecified atom stereocenters. The number of halogens is 1. The van der Waals surface area contributed by atoms with Crippen molar-refractivity contribution < 1.29 is 14.0 Å². The summed E-state index contributed by atoms with van der Waals surface area (Å²) in [5.74, 6) is 0.0112. The largest absolute Gasteiger partial charge is 0.346 e. The average Bonchev–Trinajstić information content (AvgIpc) is 3.49. The number of carbonyl (C=O) groups is 2. The summed E-state index contributed by atoms with van der Waals surface area (Å²) in [4.78, 5) is 26.8. The number of hydrogen-bond donors (Lipinski definition) is 1. The van der Waals surface area contributed by atoms with Crippen molar-refractivity contribution in [2.45, 2.75) is 44.1 Å². The van der Waals surface area contributed by atoms with Gasteiger partial charge in [-0.15, -0.1) is 0 Å². The van der Waals surface area contributed by atoms with Gasteiger partial charge in [0.1, 0.15) is 5.82 Å². The first-order valence-electron chi connectivity index (χ1n) is 8.94. The second kappa shape index (κ2) is 5.87. The standard InChI is InChI=1S/C19H23FN2O2/c20-16-5-1-4-15(11-16)19(8-9-19)21-17(23)14-3-2-10-22(12-14)18(24)13-6-7-13/h1,4-5,11,13-14H,2-3,6-10,12H2,(H,21,23)/t14-/m0/s1. The van der Waals surface area contributed by atoms with E-state index in [1.54, 1.807) is 6.07 Å². The monoisotopic (exact) mass is 330 g/mol. The molecule has 5 heteroatoms. The van der Waals surface area contributed by atoms with Crippen LogP contribution in [0.2, 0.25) is 0 Å². The zero-order valence-electron chi connectivity index (χ0n) is 13.8. The Balaban J connectivity index is 1.41. The number of likely N-dealkylation sites (tertiary alicyclic amines) is 1. The summed E-state index contributed by atoms with van der Waals surface area (Å²) in [6.45, 7) is 1.30. The SMILES string of the molecule is O=C(NC1(c2cccc(F)c2)CC1)[C@H]1CCCN(C(=O)C2CC2)C1. The van der Waals surface area contributed by atoms with Gasteiger partial charge < -0.3 is 10.2 Å². The Kier molecular flexibility index (Phi) is 3.82. The first kappa shape index (κ1) is 15.6. The minimum absolute atomic E-state index is 0.00468. The van der Waals surface area contributed by atoms with Gasteiger partial charge in [-0.25, -0.2) is 4.39 Å². The molecule has 1 saturated heterocycles. The van der Waals surface area contributed by atoms with Crippen LogP contribution < -0.4 is 5.32 Å². The van der Waals surface area contributed by atoms with E-state index >= 15 is 0 Å². The fourth-order valence-electron chi connectivity index (χ4n) is 3.71. The number of amides is 2. The van der Waals surface area contributed by atoms with E-state index in [0.717, 1.165) is 50.6 Å². The molecule has 0 bridgehead atoms. The molecule has 1 aromatic carbocycles. The molecule has 1 N–H and O–H groups in total. The minimum atomic E-state index is -0.401. The van der Waals surface area contributed by atoms with Crippen LogP contribution in [0.1, 0.15) is 44.1 Å². The number of rotatable bonds is 4. The third-order valence-corrected chi connectivity index (χ3v) is 5.52. The van der Waals surface area contributed by atoms with E-state index in [1.807, 2.05) is 11.0 Å². The van der Waals surface area contributed by atoms with E-state index in [1.165, 1.54) is 12.1 Å². The number of piperidine rings is 1. The second-order valence-electron chi connectivity index (χ2n) is 7.48. The zero-order valence-corrected chi connectivity index (χ0v) is 13.8. The average molecular weight is 330 g/mol. The molecule has 1 atom stereocenters. The van der Waals surface area contributed by atoms with Crippen LogP contribution in [0.25, 0.3) is 0 Å². The molecule has 24 heavy (non-hydrogen) atoms. The Hall–Kier alpha value is -1.91. The number of nitrogens with zero attached hydrogens (tertiary/aromatic N) is 1. The number of carbonyl (C=O) groups excluding carboxylic acids is 2. The van der Waals surface area contributed by atoms with E-state index in [-0.39, 0.29) is 29.5 Å². The Labute approximate surface area is 141 Å². The van der Waals surface area contributed by atoms with Gasteiger partial charge in [0.05, 0.1) is 11.5 Å². The van der Waals surface area contributed by atoms with Gasteiger partial charge in [0, 0.05) is 19.0 Å². The smallest absolute Gasteiger partial charge is 0.225 e. The lowest BCUT2D eigenvalue weighted by Gasteiger charge is -2.33. The molecule has 128 valence electrons. The van der Waals surface area contributed by atoms with Crippen LogP contribution in [0.3, 0.4) is 0 Å². The lowest BCUT2D eigenvalue weighted by Crippen LogP contribution is -2.48. The van der Waals surface area contributed by atoms with E-state index in [9.17, 15) is 14.0 Å². The summed E-state index contributed by atoms with van der Waals surface area (Å²) in [6, 6.07) is 6.49. The van der Waals surface area contributed by atoms with Gasteiger partial charge in [-0.3, -0.25) is 9.59 Å². The van der Waals surface area contributed by atoms with Crippen LogP contribution in [-0.4, -0.2) is 29.8 Å². The minimum Gasteiger partial charge on any atom is -0.346 e. The fraction of sp³-hybridized carbons (Fsp3) is 0.579. The Morgan fingerprint density at radius 3 is 2.62 bits per heavy atom. The molecule has 0 spiro atoms. The van der Waals surface area contributed by atoms with Crippen LogP contribution in [0.4, 0.5) is 4.39 Å². The highest BCUT2D eigenvalue weighted by Crippen LogP contribution is 2.46. The van der Waals surface area contributed by atoms with Gasteiger partial charge >= 0.3 is 0 Å². The van der Waals surface area contributed by atoms with E-state index < -0.39 is 5.54 Å². The highest BCUT2D eigenvalue weighted by atomic mass is 19.1. The van der Waals surface area contributed by atoms with Crippen molar-refractivity contribution >= 4 is 11.8 Å². The molecule has 1 heterocycles. The predicted octanol–water partition coefficient (Wildman–Crippen LogP) is 2.58. The highest BCUT2D eigenvalue weighted by Gasteiger charge is 2.47. The lowest BCUT2D eigenvalue weighted by molar-refractivity contribution is -0.137. The maximum atomic E-state index is 13.5. The molecule has 0 aromatic heterocycles. The lowest BCUT2D eigenvalue weighted by atomic mass is 9.95. The van der Waals surface area contributed by atoms with Gasteiger partial charge in [-0.1, -0.05) is 12.1 Å². The summed E-state index contributed by atoms with van der Waals surface area (Å²) in [6.07, 6.45) is 5.38. The Bertz CT molecular complexity index is 667. The second-order valence-corrected chi connectivity index (χ2v) is 7.48. The summed E-state index contributed by atoms with van der Waals surface area (Å²) < 4.78 is 13.5. The van der Waals surface area contributed by atoms with Crippen molar-refractivity contribution in [3.05, 3.63) is 35.6 Å². The quantitative estimate of drug-likeness (QED) is 0.922. The molecule has 4 rings (SSSR count). The topological polar surface area (TPSA) is 49.4 Å². The van der Waals surface area contributed by atoms with E-state index in [0.29, 0.717) is 6.54 Å². The molecule has 3 aliphatic rings. The van der Waals surface area contributed by atoms with Gasteiger partial charge in [-0.2, -0.15) is 0 Å². The molecule has 2 aliphatic carbocycles. The van der Waals surface area contributed by atoms with E-state index in [4.69, 9.17) is 0 Å². The summed E-state index contributed by atoms with van der Waals surface area (Å²) >= 11 is 0. The molecule has 0 radical (unpaired) electrons. The first-order chi connectivity index (χ1) is 11.6. The highest BCUT2D eigenvalue weighted by molar-refractivity contribution is 5.84. The van der Waals surface area contributed by atoms with Crippen LogP contribution in [0.15, 0.2) is 24.3 Å². The molecule has 3 fully saturated rings. The maximum Gasteiger partial charge on any atom is 0.225 e. The van der Waals surface area contributed by atoms with Gasteiger partial charge in [0.15, 0.2) is 0 Å². The molecular formula is C19H23FN2O2. The van der Waals surface area contributed by atoms with Crippen molar-refractivity contribution in [1.29, 1.82) is 0 Å². The number of benzene rings is 1. The molecule has 2 saturated carbocycles. The summed E-state index contributed by atoms with van der Waals surface area (Å²) in [5, 5.41) is 3.14. The molecule has 1 aliphatic heterocycles. The molecular weight excluding hydrogens is 307 g/mol. The maximum absolute atomic E-state index is 13.5. The Morgan fingerprint density at radius 1 is 1.17 bits per heavy atom. The number of nitrogens with one attached hydrogen (secondary N) is 1. The van der Waals surface area contributed by atoms with Crippen LogP contribution in [-0.2, 0) is 15.1 Å². The normalized spacial score (nSPS) is 25.2. The third kappa shape index (κ3) is 3.04. The Morgan fingerprint density at radius 2 is 1.96 bits per heavy atom. The first-order valence-corrected chi connectivity index (χ1v) is 8.94. The fourth-order valence-corrected chi connectivity index (χ4v) is 3.71.